The van der Waals surface area contributed by atoms with Crippen LogP contribution in [0.5, 0.6) is 11.5 Å². The zero-order valence-electron chi connectivity index (χ0n) is 14.4. The van der Waals surface area contributed by atoms with E-state index in [0.29, 0.717) is 22.1 Å². The topological polar surface area (TPSA) is 35.5 Å². The summed E-state index contributed by atoms with van der Waals surface area (Å²) in [5.41, 5.74) is 1.57. The lowest BCUT2D eigenvalue weighted by atomic mass is 10.1. The van der Waals surface area contributed by atoms with E-state index in [1.807, 2.05) is 24.3 Å². The van der Waals surface area contributed by atoms with Gasteiger partial charge in [0.15, 0.2) is 5.76 Å². The van der Waals surface area contributed by atoms with Crippen LogP contribution >= 0.6 is 27.5 Å². The Balaban J connectivity index is 1.54. The number of ketones is 1. The predicted octanol–water partition coefficient (Wildman–Crippen LogP) is 6.44. The first-order valence-electron chi connectivity index (χ1n) is 8.41. The van der Waals surface area contributed by atoms with Crippen LogP contribution in [-0.4, -0.2) is 5.78 Å². The van der Waals surface area contributed by atoms with Gasteiger partial charge in [0.2, 0.25) is 5.78 Å². The Labute approximate surface area is 174 Å². The summed E-state index contributed by atoms with van der Waals surface area (Å²) in [5.74, 6) is 0.471. The monoisotopic (exact) mass is 458 g/mol. The number of ether oxygens (including phenoxy) is 2. The molecule has 28 heavy (non-hydrogen) atoms. The Kier molecular flexibility index (Phi) is 5.20. The Morgan fingerprint density at radius 2 is 1.93 bits per heavy atom. The number of rotatable bonds is 4. The molecule has 1 heterocycles. The molecule has 0 spiro atoms. The van der Waals surface area contributed by atoms with Crippen LogP contribution < -0.4 is 9.47 Å². The number of hydrogen-bond donors (Lipinski definition) is 0. The molecule has 3 nitrogen and oxygen atoms in total. The van der Waals surface area contributed by atoms with Gasteiger partial charge in [0, 0.05) is 16.1 Å². The Morgan fingerprint density at radius 1 is 1.11 bits per heavy atom. The lowest BCUT2D eigenvalue weighted by Crippen LogP contribution is -1.99. The molecule has 6 heteroatoms. The molecular weight excluding hydrogens is 447 g/mol. The van der Waals surface area contributed by atoms with Crippen molar-refractivity contribution >= 4 is 39.4 Å². The van der Waals surface area contributed by atoms with Gasteiger partial charge in [-0.1, -0.05) is 45.7 Å². The van der Waals surface area contributed by atoms with Gasteiger partial charge in [-0.05, 0) is 48.0 Å². The van der Waals surface area contributed by atoms with Crippen LogP contribution in [0.15, 0.2) is 70.9 Å². The van der Waals surface area contributed by atoms with Crippen LogP contribution in [0.25, 0.3) is 6.08 Å². The van der Waals surface area contributed by atoms with Gasteiger partial charge in [0.1, 0.15) is 23.9 Å². The lowest BCUT2D eigenvalue weighted by Gasteiger charge is -2.09. The molecule has 0 saturated heterocycles. The molecule has 0 fully saturated rings. The fourth-order valence-corrected chi connectivity index (χ4v) is 3.47. The molecule has 0 radical (unpaired) electrons. The largest absolute Gasteiger partial charge is 0.489 e. The van der Waals surface area contributed by atoms with Crippen LogP contribution in [0.2, 0.25) is 5.02 Å². The smallest absolute Gasteiger partial charge is 0.231 e. The minimum Gasteiger partial charge on any atom is -0.489 e. The summed E-state index contributed by atoms with van der Waals surface area (Å²) in [6.45, 7) is -0.0288. The van der Waals surface area contributed by atoms with Gasteiger partial charge < -0.3 is 9.47 Å². The molecule has 1 aliphatic heterocycles. The third kappa shape index (κ3) is 3.81. The lowest BCUT2D eigenvalue weighted by molar-refractivity contribution is 0.101. The number of carbonyl (C=O) groups is 1. The number of fused-ring (bicyclic) bond motifs is 1. The van der Waals surface area contributed by atoms with Gasteiger partial charge in [0.05, 0.1) is 10.6 Å². The van der Waals surface area contributed by atoms with E-state index in [0.717, 1.165) is 10.0 Å². The van der Waals surface area contributed by atoms with Crippen molar-refractivity contribution in [3.8, 4) is 11.5 Å². The molecular formula is C22H13BrClFO3. The van der Waals surface area contributed by atoms with E-state index in [2.05, 4.69) is 15.9 Å². The molecule has 140 valence electrons. The van der Waals surface area contributed by atoms with Crippen LogP contribution in [0.4, 0.5) is 4.39 Å². The van der Waals surface area contributed by atoms with Gasteiger partial charge in [-0.3, -0.25) is 4.79 Å². The van der Waals surface area contributed by atoms with Gasteiger partial charge in [-0.15, -0.1) is 0 Å². The van der Waals surface area contributed by atoms with Crippen molar-refractivity contribution < 1.29 is 18.7 Å². The maximum Gasteiger partial charge on any atom is 0.231 e. The van der Waals surface area contributed by atoms with Crippen molar-refractivity contribution in [3.63, 3.8) is 0 Å². The number of allylic oxidation sites excluding steroid dienone is 1. The number of hydrogen-bond acceptors (Lipinski definition) is 3. The first-order valence-corrected chi connectivity index (χ1v) is 9.58. The molecule has 0 atom stereocenters. The van der Waals surface area contributed by atoms with Crippen molar-refractivity contribution in [1.82, 2.24) is 0 Å². The molecule has 3 aromatic carbocycles. The summed E-state index contributed by atoms with van der Waals surface area (Å²) in [7, 11) is 0. The zero-order chi connectivity index (χ0) is 19.7. The highest BCUT2D eigenvalue weighted by molar-refractivity contribution is 9.10. The zero-order valence-corrected chi connectivity index (χ0v) is 16.8. The average Bonchev–Trinajstić information content (AvgIpc) is 2.96. The summed E-state index contributed by atoms with van der Waals surface area (Å²) in [6.07, 6.45) is 1.69. The quantitative estimate of drug-likeness (QED) is 0.421. The second-order valence-electron chi connectivity index (χ2n) is 6.14. The van der Waals surface area contributed by atoms with Gasteiger partial charge in [-0.2, -0.15) is 0 Å². The Bertz CT molecular complexity index is 1090. The second-order valence-corrected chi connectivity index (χ2v) is 7.46. The van der Waals surface area contributed by atoms with Crippen LogP contribution in [-0.2, 0) is 6.61 Å². The van der Waals surface area contributed by atoms with Crippen molar-refractivity contribution in [2.24, 2.45) is 0 Å². The van der Waals surface area contributed by atoms with E-state index in [1.165, 1.54) is 12.1 Å². The molecule has 0 N–H and O–H groups in total. The third-order valence-electron chi connectivity index (χ3n) is 4.23. The van der Waals surface area contributed by atoms with Gasteiger partial charge in [0.25, 0.3) is 0 Å². The van der Waals surface area contributed by atoms with Crippen molar-refractivity contribution in [2.75, 3.05) is 0 Å². The molecule has 0 aliphatic carbocycles. The Hall–Kier alpha value is -2.63. The van der Waals surface area contributed by atoms with Gasteiger partial charge >= 0.3 is 0 Å². The average molecular weight is 460 g/mol. The van der Waals surface area contributed by atoms with E-state index in [4.69, 9.17) is 21.1 Å². The standard InChI is InChI=1S/C22H13BrClFO3/c23-14-4-1-3-13(9-14)10-21-22(26)16-8-7-15(11-20(16)28-21)27-12-17-18(24)5-2-6-19(17)25/h1-11H,12H2. The molecule has 0 aromatic heterocycles. The van der Waals surface area contributed by atoms with Crippen LogP contribution in [0.3, 0.4) is 0 Å². The summed E-state index contributed by atoms with van der Waals surface area (Å²) in [6, 6.07) is 16.9. The van der Waals surface area contributed by atoms with Crippen LogP contribution in [0.1, 0.15) is 21.5 Å². The number of benzene rings is 3. The fraction of sp³-hybridized carbons (Fsp3) is 0.0455. The van der Waals surface area contributed by atoms with E-state index in [-0.39, 0.29) is 23.7 Å². The van der Waals surface area contributed by atoms with E-state index < -0.39 is 5.82 Å². The number of carbonyl (C=O) groups excluding carboxylic acids is 1. The molecule has 1 aliphatic rings. The molecule has 0 bridgehead atoms. The minimum absolute atomic E-state index is 0.0288. The first kappa shape index (κ1) is 18.7. The summed E-state index contributed by atoms with van der Waals surface area (Å²) in [4.78, 5) is 12.6. The molecule has 0 amide bonds. The second kappa shape index (κ2) is 7.78. The SMILES string of the molecule is O=C1C(=Cc2cccc(Br)c2)Oc2cc(OCc3c(F)cccc3Cl)ccc21. The van der Waals surface area contributed by atoms with Crippen molar-refractivity contribution in [1.29, 1.82) is 0 Å². The van der Waals surface area contributed by atoms with Gasteiger partial charge in [-0.25, -0.2) is 4.39 Å². The predicted molar refractivity (Wildman–Crippen MR) is 109 cm³/mol. The highest BCUT2D eigenvalue weighted by Gasteiger charge is 2.27. The Morgan fingerprint density at radius 3 is 2.71 bits per heavy atom. The summed E-state index contributed by atoms with van der Waals surface area (Å²) in [5, 5.41) is 0.298. The van der Waals surface area contributed by atoms with E-state index in [9.17, 15) is 9.18 Å². The number of halogens is 3. The maximum atomic E-state index is 13.9. The number of Topliss-reactive ketones (excluding diaryl/α,β-unsaturated/α-hetero) is 1. The van der Waals surface area contributed by atoms with E-state index >= 15 is 0 Å². The van der Waals surface area contributed by atoms with Crippen LogP contribution in [0, 0.1) is 5.82 Å². The van der Waals surface area contributed by atoms with Crippen molar-refractivity contribution in [2.45, 2.75) is 6.61 Å². The minimum atomic E-state index is -0.431. The molecule has 4 rings (SSSR count). The molecule has 3 aromatic rings. The normalized spacial score (nSPS) is 14.1. The highest BCUT2D eigenvalue weighted by atomic mass is 79.9. The molecule has 0 saturated carbocycles. The van der Waals surface area contributed by atoms with Crippen molar-refractivity contribution in [3.05, 3.63) is 98.4 Å². The summed E-state index contributed by atoms with van der Waals surface area (Å²) < 4.78 is 26.1. The third-order valence-corrected chi connectivity index (χ3v) is 5.08. The van der Waals surface area contributed by atoms with E-state index in [1.54, 1.807) is 30.3 Å². The summed E-state index contributed by atoms with van der Waals surface area (Å²) >= 11 is 9.42. The highest BCUT2D eigenvalue weighted by Crippen LogP contribution is 2.35. The first-order chi connectivity index (χ1) is 13.5. The molecule has 0 unspecified atom stereocenters. The maximum absolute atomic E-state index is 13.9. The fourth-order valence-electron chi connectivity index (χ4n) is 2.83.